The monoisotopic (exact) mass is 269 g/mol. The summed E-state index contributed by atoms with van der Waals surface area (Å²) in [5.74, 6) is 0.0796. The van der Waals surface area contributed by atoms with Gasteiger partial charge in [0, 0.05) is 17.6 Å². The van der Waals surface area contributed by atoms with Crippen molar-refractivity contribution in [1.29, 1.82) is 0 Å². The maximum absolute atomic E-state index is 12.0. The first-order valence-electron chi connectivity index (χ1n) is 7.59. The smallest absolute Gasteiger partial charge is 0.237 e. The molecule has 0 radical (unpaired) electrons. The molecule has 19 heavy (non-hydrogen) atoms. The van der Waals surface area contributed by atoms with Crippen LogP contribution in [0.5, 0.6) is 0 Å². The van der Waals surface area contributed by atoms with E-state index in [1.807, 2.05) is 27.7 Å². The third-order valence-corrected chi connectivity index (χ3v) is 3.48. The Hall–Kier alpha value is -0.610. The van der Waals surface area contributed by atoms with Gasteiger partial charge in [0.2, 0.25) is 5.91 Å². The van der Waals surface area contributed by atoms with Crippen molar-refractivity contribution >= 4 is 5.91 Å². The van der Waals surface area contributed by atoms with Gasteiger partial charge in [-0.05, 0) is 60.4 Å². The van der Waals surface area contributed by atoms with Gasteiger partial charge in [0.05, 0.1) is 6.04 Å². The lowest BCUT2D eigenvalue weighted by Gasteiger charge is -2.29. The summed E-state index contributed by atoms with van der Waals surface area (Å²) in [6.07, 6.45) is 4.97. The van der Waals surface area contributed by atoms with E-state index in [-0.39, 0.29) is 17.5 Å². The lowest BCUT2D eigenvalue weighted by molar-refractivity contribution is -0.124. The number of hydrogen-bond donors (Lipinski definition) is 3. The van der Waals surface area contributed by atoms with Crippen LogP contribution in [0.2, 0.25) is 0 Å². The van der Waals surface area contributed by atoms with Crippen molar-refractivity contribution in [3.05, 3.63) is 0 Å². The fraction of sp³-hybridized carbons (Fsp3) is 0.933. The Labute approximate surface area is 118 Å². The van der Waals surface area contributed by atoms with Crippen LogP contribution in [0.15, 0.2) is 0 Å². The van der Waals surface area contributed by atoms with Crippen molar-refractivity contribution in [3.8, 4) is 0 Å². The lowest BCUT2D eigenvalue weighted by atomic mass is 9.98. The predicted octanol–water partition coefficient (Wildman–Crippen LogP) is 1.80. The minimum absolute atomic E-state index is 0.0796. The highest BCUT2D eigenvalue weighted by Crippen LogP contribution is 2.12. The van der Waals surface area contributed by atoms with Gasteiger partial charge in [-0.25, -0.2) is 0 Å². The van der Waals surface area contributed by atoms with Crippen molar-refractivity contribution in [3.63, 3.8) is 0 Å². The lowest BCUT2D eigenvalue weighted by Crippen LogP contribution is -2.52. The zero-order chi connectivity index (χ0) is 14.5. The van der Waals surface area contributed by atoms with Crippen LogP contribution in [0.4, 0.5) is 0 Å². The third kappa shape index (κ3) is 6.92. The zero-order valence-electron chi connectivity index (χ0n) is 13.2. The molecule has 1 aliphatic heterocycles. The minimum Gasteiger partial charge on any atom is -0.350 e. The average Bonchev–Trinajstić information content (AvgIpc) is 2.27. The summed E-state index contributed by atoms with van der Waals surface area (Å²) in [5.41, 5.74) is -0.165. The molecule has 1 heterocycles. The molecule has 1 saturated heterocycles. The molecule has 112 valence electrons. The molecule has 0 aromatic carbocycles. The molecule has 0 spiro atoms. The van der Waals surface area contributed by atoms with Gasteiger partial charge in [0.1, 0.15) is 0 Å². The molecule has 1 fully saturated rings. The minimum atomic E-state index is -0.165. The van der Waals surface area contributed by atoms with Crippen LogP contribution in [-0.4, -0.2) is 36.1 Å². The maximum Gasteiger partial charge on any atom is 0.237 e. The van der Waals surface area contributed by atoms with E-state index >= 15 is 0 Å². The van der Waals surface area contributed by atoms with Crippen molar-refractivity contribution in [2.45, 2.75) is 84.0 Å². The van der Waals surface area contributed by atoms with Gasteiger partial charge in [-0.3, -0.25) is 4.79 Å². The van der Waals surface area contributed by atoms with Crippen LogP contribution >= 0.6 is 0 Å². The first kappa shape index (κ1) is 16.4. The Bertz CT molecular complexity index is 280. The second-order valence-corrected chi connectivity index (χ2v) is 6.91. The summed E-state index contributed by atoms with van der Waals surface area (Å²) in [7, 11) is 0. The van der Waals surface area contributed by atoms with Crippen LogP contribution in [0.25, 0.3) is 0 Å². The summed E-state index contributed by atoms with van der Waals surface area (Å²) in [6, 6.07) is 0.822. The van der Waals surface area contributed by atoms with Crippen LogP contribution in [0.3, 0.4) is 0 Å². The van der Waals surface area contributed by atoms with Gasteiger partial charge in [-0.1, -0.05) is 6.42 Å². The van der Waals surface area contributed by atoms with E-state index < -0.39 is 0 Å². The van der Waals surface area contributed by atoms with Gasteiger partial charge in [-0.2, -0.15) is 0 Å². The van der Waals surface area contributed by atoms with Crippen LogP contribution in [-0.2, 0) is 4.79 Å². The van der Waals surface area contributed by atoms with Gasteiger partial charge < -0.3 is 16.0 Å². The number of carbonyl (C=O) groups is 1. The van der Waals surface area contributed by atoms with E-state index in [4.69, 9.17) is 0 Å². The number of rotatable bonds is 5. The number of piperidine rings is 1. The Morgan fingerprint density at radius 3 is 2.53 bits per heavy atom. The molecule has 0 aliphatic carbocycles. The van der Waals surface area contributed by atoms with E-state index in [9.17, 15) is 4.79 Å². The zero-order valence-corrected chi connectivity index (χ0v) is 13.2. The van der Waals surface area contributed by atoms with E-state index in [1.165, 1.54) is 19.3 Å². The second-order valence-electron chi connectivity index (χ2n) is 6.91. The van der Waals surface area contributed by atoms with Crippen molar-refractivity contribution in [2.24, 2.45) is 0 Å². The molecule has 4 nitrogen and oxygen atoms in total. The molecular weight excluding hydrogens is 238 g/mol. The molecule has 0 aromatic heterocycles. The molecule has 1 rings (SSSR count). The Morgan fingerprint density at radius 1 is 1.32 bits per heavy atom. The number of nitrogens with one attached hydrogen (secondary N) is 3. The Kier molecular flexibility index (Phi) is 6.27. The summed E-state index contributed by atoms with van der Waals surface area (Å²) >= 11 is 0. The number of amides is 1. The molecule has 3 atom stereocenters. The molecule has 4 heteroatoms. The van der Waals surface area contributed by atoms with Crippen LogP contribution < -0.4 is 16.0 Å². The first-order valence-corrected chi connectivity index (χ1v) is 7.59. The average molecular weight is 269 g/mol. The van der Waals surface area contributed by atoms with Crippen LogP contribution in [0, 0.1) is 0 Å². The predicted molar refractivity (Wildman–Crippen MR) is 80.2 cm³/mol. The highest BCUT2D eigenvalue weighted by molar-refractivity contribution is 5.81. The first-order chi connectivity index (χ1) is 8.78. The second kappa shape index (κ2) is 7.25. The van der Waals surface area contributed by atoms with Gasteiger partial charge >= 0.3 is 0 Å². The van der Waals surface area contributed by atoms with Crippen LogP contribution in [0.1, 0.15) is 60.3 Å². The molecule has 1 amide bonds. The normalized spacial score (nSPS) is 23.7. The molecular formula is C15H31N3O. The SMILES string of the molecule is CC(CC1CCCCN1)NC(C)C(=O)NC(C)(C)C. The molecule has 0 aromatic rings. The fourth-order valence-electron chi connectivity index (χ4n) is 2.60. The Morgan fingerprint density at radius 2 is 2.00 bits per heavy atom. The quantitative estimate of drug-likeness (QED) is 0.713. The highest BCUT2D eigenvalue weighted by Gasteiger charge is 2.22. The maximum atomic E-state index is 12.0. The molecule has 3 unspecified atom stereocenters. The molecule has 1 aliphatic rings. The molecule has 0 bridgehead atoms. The summed E-state index contributed by atoms with van der Waals surface area (Å²) < 4.78 is 0. The van der Waals surface area contributed by atoms with Crippen molar-refractivity contribution in [2.75, 3.05) is 6.54 Å². The van der Waals surface area contributed by atoms with E-state index in [0.717, 1.165) is 13.0 Å². The topological polar surface area (TPSA) is 53.2 Å². The van der Waals surface area contributed by atoms with Crippen molar-refractivity contribution < 1.29 is 4.79 Å². The van der Waals surface area contributed by atoms with E-state index in [2.05, 4.69) is 22.9 Å². The standard InChI is InChI=1S/C15H31N3O/c1-11(10-13-8-6-7-9-16-13)17-12(2)14(19)18-15(3,4)5/h11-13,16-17H,6-10H2,1-5H3,(H,18,19). The highest BCUT2D eigenvalue weighted by atomic mass is 16.2. The van der Waals surface area contributed by atoms with Gasteiger partial charge in [0.25, 0.3) is 0 Å². The Balaban J connectivity index is 2.30. The van der Waals surface area contributed by atoms with Gasteiger partial charge in [-0.15, -0.1) is 0 Å². The number of hydrogen-bond acceptors (Lipinski definition) is 3. The summed E-state index contributed by atoms with van der Waals surface area (Å²) in [6.45, 7) is 11.3. The fourth-order valence-corrected chi connectivity index (χ4v) is 2.60. The van der Waals surface area contributed by atoms with Crippen molar-refractivity contribution in [1.82, 2.24) is 16.0 Å². The van der Waals surface area contributed by atoms with E-state index in [0.29, 0.717) is 12.1 Å². The summed E-state index contributed by atoms with van der Waals surface area (Å²) in [4.78, 5) is 12.0. The molecule has 3 N–H and O–H groups in total. The third-order valence-electron chi connectivity index (χ3n) is 3.48. The molecule has 0 saturated carbocycles. The number of carbonyl (C=O) groups excluding carboxylic acids is 1. The summed E-state index contributed by atoms with van der Waals surface area (Å²) in [5, 5.41) is 9.96. The van der Waals surface area contributed by atoms with Gasteiger partial charge in [0.15, 0.2) is 0 Å². The van der Waals surface area contributed by atoms with E-state index in [1.54, 1.807) is 0 Å². The largest absolute Gasteiger partial charge is 0.350 e.